The first-order chi connectivity index (χ1) is 9.58. The first-order valence-corrected chi connectivity index (χ1v) is 6.56. The number of aliphatic hydroxyl groups excluding tert-OH is 1. The van der Waals surface area contributed by atoms with E-state index in [0.717, 1.165) is 5.56 Å². The van der Waals surface area contributed by atoms with Crippen LogP contribution in [0.4, 0.5) is 0 Å². The molecule has 1 aromatic carbocycles. The second-order valence-corrected chi connectivity index (χ2v) is 4.96. The minimum Gasteiger partial charge on any atom is -0.391 e. The highest BCUT2D eigenvalue weighted by Gasteiger charge is 2.15. The Bertz CT molecular complexity index is 564. The van der Waals surface area contributed by atoms with Crippen molar-refractivity contribution in [1.29, 1.82) is 0 Å². The fraction of sp³-hybridized carbons (Fsp3) is 0.333. The highest BCUT2D eigenvalue weighted by molar-refractivity contribution is 5.93. The molecule has 5 heteroatoms. The zero-order valence-electron chi connectivity index (χ0n) is 11.5. The van der Waals surface area contributed by atoms with E-state index in [-0.39, 0.29) is 24.1 Å². The highest BCUT2D eigenvalue weighted by atomic mass is 16.5. The lowest BCUT2D eigenvalue weighted by atomic mass is 10.1. The molecule has 1 atom stereocenters. The number of nitrogens with zero attached hydrogens (tertiary/aromatic N) is 1. The van der Waals surface area contributed by atoms with Gasteiger partial charge in [0.2, 0.25) is 0 Å². The van der Waals surface area contributed by atoms with Gasteiger partial charge in [0.25, 0.3) is 5.91 Å². The lowest BCUT2D eigenvalue weighted by Gasteiger charge is -2.14. The molecule has 0 aliphatic heterocycles. The molecule has 0 aliphatic carbocycles. The van der Waals surface area contributed by atoms with Crippen molar-refractivity contribution < 1.29 is 14.4 Å². The monoisotopic (exact) mass is 274 g/mol. The first kappa shape index (κ1) is 14.3. The lowest BCUT2D eigenvalue weighted by Crippen LogP contribution is -2.34. The predicted octanol–water partition coefficient (Wildman–Crippen LogP) is 2.09. The molecule has 0 bridgehead atoms. The van der Waals surface area contributed by atoms with Gasteiger partial charge in [0.15, 0.2) is 11.5 Å². The third-order valence-corrected chi connectivity index (χ3v) is 3.04. The summed E-state index contributed by atoms with van der Waals surface area (Å²) >= 11 is 0. The van der Waals surface area contributed by atoms with Crippen LogP contribution in [0.1, 0.15) is 24.3 Å². The SMILES string of the molecule is CC(C)C(O)CNC(=O)c1cc(-c2ccccc2)on1. The molecule has 20 heavy (non-hydrogen) atoms. The summed E-state index contributed by atoms with van der Waals surface area (Å²) in [6.07, 6.45) is -0.570. The van der Waals surface area contributed by atoms with Crippen molar-refractivity contribution in [1.82, 2.24) is 10.5 Å². The lowest BCUT2D eigenvalue weighted by molar-refractivity contribution is 0.0863. The fourth-order valence-electron chi connectivity index (χ4n) is 1.64. The van der Waals surface area contributed by atoms with Gasteiger partial charge in [-0.25, -0.2) is 0 Å². The molecule has 1 aromatic heterocycles. The molecule has 106 valence electrons. The van der Waals surface area contributed by atoms with E-state index in [9.17, 15) is 9.90 Å². The van der Waals surface area contributed by atoms with Crippen molar-refractivity contribution in [3.63, 3.8) is 0 Å². The summed E-state index contributed by atoms with van der Waals surface area (Å²) in [5, 5.41) is 16.0. The van der Waals surface area contributed by atoms with Gasteiger partial charge in [-0.05, 0) is 5.92 Å². The zero-order valence-corrected chi connectivity index (χ0v) is 11.5. The van der Waals surface area contributed by atoms with E-state index in [0.29, 0.717) is 5.76 Å². The topological polar surface area (TPSA) is 75.4 Å². The van der Waals surface area contributed by atoms with Crippen LogP contribution < -0.4 is 5.32 Å². The standard InChI is InChI=1S/C15H18N2O3/c1-10(2)13(18)9-16-15(19)12-8-14(20-17-12)11-6-4-3-5-7-11/h3-8,10,13,18H,9H2,1-2H3,(H,16,19). The molecule has 0 spiro atoms. The van der Waals surface area contributed by atoms with E-state index in [4.69, 9.17) is 4.52 Å². The zero-order chi connectivity index (χ0) is 14.5. The van der Waals surface area contributed by atoms with Gasteiger partial charge in [-0.1, -0.05) is 49.3 Å². The van der Waals surface area contributed by atoms with Crippen molar-refractivity contribution in [3.8, 4) is 11.3 Å². The van der Waals surface area contributed by atoms with E-state index in [1.807, 2.05) is 44.2 Å². The maximum Gasteiger partial charge on any atom is 0.273 e. The number of rotatable bonds is 5. The van der Waals surface area contributed by atoms with Crippen LogP contribution in [0.25, 0.3) is 11.3 Å². The molecular formula is C15H18N2O3. The summed E-state index contributed by atoms with van der Waals surface area (Å²) < 4.78 is 5.15. The largest absolute Gasteiger partial charge is 0.391 e. The molecule has 5 nitrogen and oxygen atoms in total. The summed E-state index contributed by atoms with van der Waals surface area (Å²) in [5.41, 5.74) is 1.07. The van der Waals surface area contributed by atoms with Crippen molar-refractivity contribution in [2.45, 2.75) is 20.0 Å². The minimum absolute atomic E-state index is 0.0903. The number of aromatic nitrogens is 1. The van der Waals surface area contributed by atoms with Gasteiger partial charge in [-0.15, -0.1) is 0 Å². The van der Waals surface area contributed by atoms with Gasteiger partial charge in [0.05, 0.1) is 6.10 Å². The van der Waals surface area contributed by atoms with E-state index >= 15 is 0 Å². The predicted molar refractivity (Wildman–Crippen MR) is 75.1 cm³/mol. The molecule has 1 amide bonds. The Balaban J connectivity index is 2.00. The number of aliphatic hydroxyl groups is 1. The maximum absolute atomic E-state index is 11.9. The molecule has 0 fully saturated rings. The highest BCUT2D eigenvalue weighted by Crippen LogP contribution is 2.19. The van der Waals surface area contributed by atoms with Crippen LogP contribution in [0.3, 0.4) is 0 Å². The quantitative estimate of drug-likeness (QED) is 0.875. The number of hydrogen-bond acceptors (Lipinski definition) is 4. The number of nitrogens with one attached hydrogen (secondary N) is 1. The van der Waals surface area contributed by atoms with Gasteiger partial charge in [0, 0.05) is 18.2 Å². The molecule has 2 N–H and O–H groups in total. The van der Waals surface area contributed by atoms with Gasteiger partial charge >= 0.3 is 0 Å². The average molecular weight is 274 g/mol. The van der Waals surface area contributed by atoms with Crippen molar-refractivity contribution in [2.75, 3.05) is 6.54 Å². The van der Waals surface area contributed by atoms with Gasteiger partial charge < -0.3 is 14.9 Å². The van der Waals surface area contributed by atoms with Crippen LogP contribution in [0, 0.1) is 5.92 Å². The Morgan fingerprint density at radius 2 is 2.05 bits per heavy atom. The normalized spacial score (nSPS) is 12.4. The van der Waals surface area contributed by atoms with Gasteiger partial charge in [0.1, 0.15) is 0 Å². The summed E-state index contributed by atoms with van der Waals surface area (Å²) in [6.45, 7) is 3.98. The molecule has 0 saturated carbocycles. The number of hydrogen-bond donors (Lipinski definition) is 2. The number of benzene rings is 1. The molecule has 0 saturated heterocycles. The van der Waals surface area contributed by atoms with Crippen LogP contribution in [0.2, 0.25) is 0 Å². The number of carbonyl (C=O) groups is 1. The third kappa shape index (κ3) is 3.45. The van der Waals surface area contributed by atoms with Crippen molar-refractivity contribution in [2.24, 2.45) is 5.92 Å². The molecule has 2 rings (SSSR count). The van der Waals surface area contributed by atoms with E-state index in [1.54, 1.807) is 6.07 Å². The first-order valence-electron chi connectivity index (χ1n) is 6.56. The van der Waals surface area contributed by atoms with Crippen LogP contribution >= 0.6 is 0 Å². The van der Waals surface area contributed by atoms with Crippen LogP contribution in [0.5, 0.6) is 0 Å². The Kier molecular flexibility index (Phi) is 4.53. The summed E-state index contributed by atoms with van der Waals surface area (Å²) in [6, 6.07) is 11.0. The molecule has 2 aromatic rings. The van der Waals surface area contributed by atoms with Crippen LogP contribution in [-0.2, 0) is 0 Å². The molecule has 0 aliphatic rings. The molecule has 0 radical (unpaired) electrons. The summed E-state index contributed by atoms with van der Waals surface area (Å²) in [7, 11) is 0. The van der Waals surface area contributed by atoms with Gasteiger partial charge in [-0.3, -0.25) is 4.79 Å². The number of amides is 1. The van der Waals surface area contributed by atoms with E-state index < -0.39 is 6.10 Å². The molecular weight excluding hydrogens is 256 g/mol. The second kappa shape index (κ2) is 6.34. The van der Waals surface area contributed by atoms with Gasteiger partial charge in [-0.2, -0.15) is 0 Å². The molecule has 1 unspecified atom stereocenters. The Morgan fingerprint density at radius 1 is 1.35 bits per heavy atom. The Morgan fingerprint density at radius 3 is 2.70 bits per heavy atom. The second-order valence-electron chi connectivity index (χ2n) is 4.96. The average Bonchev–Trinajstić information content (AvgIpc) is 2.95. The van der Waals surface area contributed by atoms with E-state index in [1.165, 1.54) is 0 Å². The van der Waals surface area contributed by atoms with E-state index in [2.05, 4.69) is 10.5 Å². The molecule has 1 heterocycles. The van der Waals surface area contributed by atoms with Crippen molar-refractivity contribution in [3.05, 3.63) is 42.1 Å². The van der Waals surface area contributed by atoms with Crippen molar-refractivity contribution >= 4 is 5.91 Å². The summed E-state index contributed by atoms with van der Waals surface area (Å²) in [5.74, 6) is 0.281. The fourth-order valence-corrected chi connectivity index (χ4v) is 1.64. The maximum atomic E-state index is 11.9. The Labute approximate surface area is 117 Å². The van der Waals surface area contributed by atoms with Crippen LogP contribution in [0.15, 0.2) is 40.9 Å². The summed E-state index contributed by atoms with van der Waals surface area (Å²) in [4.78, 5) is 11.9. The Hall–Kier alpha value is -2.14. The third-order valence-electron chi connectivity index (χ3n) is 3.04. The number of carbonyl (C=O) groups excluding carboxylic acids is 1. The smallest absolute Gasteiger partial charge is 0.273 e. The van der Waals surface area contributed by atoms with Crippen LogP contribution in [-0.4, -0.2) is 28.8 Å². The minimum atomic E-state index is -0.570.